The van der Waals surface area contributed by atoms with Crippen LogP contribution < -0.4 is 0 Å². The Labute approximate surface area is 173 Å². The first-order chi connectivity index (χ1) is 14.5. The number of rotatable bonds is 0. The molecule has 2 unspecified atom stereocenters. The van der Waals surface area contributed by atoms with Crippen LogP contribution in [0.2, 0.25) is 0 Å². The normalized spacial score (nSPS) is 17.6. The third kappa shape index (κ3) is 2.19. The van der Waals surface area contributed by atoms with Crippen LogP contribution in [-0.2, 0) is 9.47 Å². The summed E-state index contributed by atoms with van der Waals surface area (Å²) in [7, 11) is 2.74. The quantitative estimate of drug-likeness (QED) is 0.378. The Bertz CT molecular complexity index is 1240. The molecule has 0 spiro atoms. The van der Waals surface area contributed by atoms with Gasteiger partial charge >= 0.3 is 12.2 Å². The zero-order valence-corrected chi connectivity index (χ0v) is 17.3. The number of fused-ring (bicyclic) bond motifs is 7. The third-order valence-electron chi connectivity index (χ3n) is 6.43. The molecule has 2 atom stereocenters. The first-order valence-electron chi connectivity index (χ1n) is 9.94. The summed E-state index contributed by atoms with van der Waals surface area (Å²) >= 11 is 0. The van der Waals surface area contributed by atoms with Crippen LogP contribution in [0, 0.1) is 0 Å². The minimum Gasteiger partial charge on any atom is -0.452 e. The van der Waals surface area contributed by atoms with Gasteiger partial charge in [0, 0.05) is 10.8 Å². The van der Waals surface area contributed by atoms with Crippen LogP contribution in [0.4, 0.5) is 9.59 Å². The lowest BCUT2D eigenvalue weighted by Gasteiger charge is -2.29. The molecule has 4 aromatic rings. The lowest BCUT2D eigenvalue weighted by Crippen LogP contribution is -2.21. The standard InChI is InChI=1S/C24H22N2O4/c1-13-14(2)20-16-10-6-8-12-18(16)26(24(28)30-4)22(20)21-19(13)15-9-5-7-11-17(15)25(21)23(27)29-3/h5-14H,1-4H3. The number of aromatic nitrogens is 2. The molecule has 152 valence electrons. The van der Waals surface area contributed by atoms with Crippen molar-refractivity contribution < 1.29 is 19.1 Å². The Kier molecular flexibility index (Phi) is 4.00. The lowest BCUT2D eigenvalue weighted by molar-refractivity contribution is 0.172. The number of hydrogen-bond donors (Lipinski definition) is 0. The predicted molar refractivity (Wildman–Crippen MR) is 115 cm³/mol. The van der Waals surface area contributed by atoms with Crippen molar-refractivity contribution in [3.63, 3.8) is 0 Å². The number of benzene rings is 2. The molecule has 0 bridgehead atoms. The summed E-state index contributed by atoms with van der Waals surface area (Å²) in [6, 6.07) is 15.6. The van der Waals surface area contributed by atoms with Crippen molar-refractivity contribution in [3.8, 4) is 11.4 Å². The zero-order valence-electron chi connectivity index (χ0n) is 17.3. The summed E-state index contributed by atoms with van der Waals surface area (Å²) in [5.74, 6) is 0.278. The highest BCUT2D eigenvalue weighted by Crippen LogP contribution is 2.53. The Morgan fingerprint density at radius 1 is 0.700 bits per heavy atom. The Balaban J connectivity index is 2.05. The average Bonchev–Trinajstić information content (AvgIpc) is 3.30. The fourth-order valence-corrected chi connectivity index (χ4v) is 4.98. The fourth-order valence-electron chi connectivity index (χ4n) is 4.98. The SMILES string of the molecule is COC(=O)n1c2c(c3ccccc31)C(C)C(C)c1c-2n(C(=O)OC)c2ccccc12. The molecule has 0 aliphatic heterocycles. The molecule has 2 aromatic heterocycles. The van der Waals surface area contributed by atoms with E-state index in [1.54, 1.807) is 9.13 Å². The number of hydrogen-bond acceptors (Lipinski definition) is 4. The molecule has 0 amide bonds. The van der Waals surface area contributed by atoms with E-state index in [0.717, 1.165) is 32.9 Å². The van der Waals surface area contributed by atoms with E-state index in [2.05, 4.69) is 13.8 Å². The van der Waals surface area contributed by atoms with Gasteiger partial charge in [-0.2, -0.15) is 0 Å². The van der Waals surface area contributed by atoms with E-state index in [4.69, 9.17) is 9.47 Å². The highest BCUT2D eigenvalue weighted by molar-refractivity contribution is 6.07. The number of carbonyl (C=O) groups excluding carboxylic acids is 2. The van der Waals surface area contributed by atoms with Crippen molar-refractivity contribution in [1.82, 2.24) is 9.13 Å². The van der Waals surface area contributed by atoms with Crippen molar-refractivity contribution in [1.29, 1.82) is 0 Å². The first kappa shape index (κ1) is 18.5. The number of ether oxygens (including phenoxy) is 2. The second-order valence-electron chi connectivity index (χ2n) is 7.75. The Hall–Kier alpha value is -3.54. The van der Waals surface area contributed by atoms with Gasteiger partial charge < -0.3 is 9.47 Å². The summed E-state index contributed by atoms with van der Waals surface area (Å²) in [6.07, 6.45) is -0.969. The highest BCUT2D eigenvalue weighted by Gasteiger charge is 2.40. The van der Waals surface area contributed by atoms with Gasteiger partial charge in [-0.15, -0.1) is 0 Å². The molecule has 1 aliphatic carbocycles. The maximum atomic E-state index is 12.9. The van der Waals surface area contributed by atoms with Crippen LogP contribution in [0.15, 0.2) is 48.5 Å². The molecule has 0 radical (unpaired) electrons. The first-order valence-corrected chi connectivity index (χ1v) is 9.94. The summed E-state index contributed by atoms with van der Waals surface area (Å²) in [5, 5.41) is 1.98. The van der Waals surface area contributed by atoms with Gasteiger partial charge in [0.05, 0.1) is 36.6 Å². The lowest BCUT2D eigenvalue weighted by atomic mass is 9.76. The molecule has 5 rings (SSSR count). The number of methoxy groups -OCH3 is 2. The Morgan fingerprint density at radius 2 is 1.07 bits per heavy atom. The van der Waals surface area contributed by atoms with Crippen molar-refractivity contribution in [2.24, 2.45) is 0 Å². The maximum Gasteiger partial charge on any atom is 0.418 e. The van der Waals surface area contributed by atoms with Gasteiger partial charge in [0.25, 0.3) is 0 Å². The molecule has 1 aliphatic rings. The van der Waals surface area contributed by atoms with Gasteiger partial charge in [0.1, 0.15) is 0 Å². The third-order valence-corrected chi connectivity index (χ3v) is 6.43. The van der Waals surface area contributed by atoms with E-state index in [1.165, 1.54) is 14.2 Å². The number of carbonyl (C=O) groups is 2. The molecular formula is C24H22N2O4. The van der Waals surface area contributed by atoms with E-state index in [1.807, 2.05) is 48.5 Å². The average molecular weight is 402 g/mol. The van der Waals surface area contributed by atoms with Gasteiger partial charge in [-0.25, -0.2) is 18.7 Å². The monoisotopic (exact) mass is 402 g/mol. The molecule has 0 N–H and O–H groups in total. The van der Waals surface area contributed by atoms with E-state index in [9.17, 15) is 9.59 Å². The minimum atomic E-state index is -0.484. The summed E-state index contributed by atoms with van der Waals surface area (Å²) in [5.41, 5.74) is 5.02. The van der Waals surface area contributed by atoms with Gasteiger partial charge in [-0.3, -0.25) is 0 Å². The molecule has 0 saturated carbocycles. The van der Waals surface area contributed by atoms with Crippen molar-refractivity contribution in [2.45, 2.75) is 25.7 Å². The number of para-hydroxylation sites is 2. The number of nitrogens with zero attached hydrogens (tertiary/aromatic N) is 2. The van der Waals surface area contributed by atoms with E-state index in [0.29, 0.717) is 11.4 Å². The summed E-state index contributed by atoms with van der Waals surface area (Å²) in [6.45, 7) is 4.34. The van der Waals surface area contributed by atoms with Gasteiger partial charge in [0.15, 0.2) is 0 Å². The van der Waals surface area contributed by atoms with Crippen molar-refractivity contribution in [2.75, 3.05) is 14.2 Å². The highest BCUT2D eigenvalue weighted by atomic mass is 16.5. The van der Waals surface area contributed by atoms with Gasteiger partial charge in [0.2, 0.25) is 0 Å². The van der Waals surface area contributed by atoms with E-state index < -0.39 is 12.2 Å². The zero-order chi connectivity index (χ0) is 21.2. The van der Waals surface area contributed by atoms with Gasteiger partial charge in [-0.05, 0) is 35.1 Å². The van der Waals surface area contributed by atoms with Crippen LogP contribution in [0.5, 0.6) is 0 Å². The van der Waals surface area contributed by atoms with E-state index >= 15 is 0 Å². The second kappa shape index (κ2) is 6.49. The predicted octanol–water partition coefficient (Wildman–Crippen LogP) is 5.71. The largest absolute Gasteiger partial charge is 0.452 e. The molecule has 2 heterocycles. The van der Waals surface area contributed by atoms with Crippen molar-refractivity contribution >= 4 is 34.0 Å². The van der Waals surface area contributed by atoms with Gasteiger partial charge in [-0.1, -0.05) is 50.2 Å². The summed E-state index contributed by atoms with van der Waals surface area (Å²) in [4.78, 5) is 25.9. The van der Waals surface area contributed by atoms with E-state index in [-0.39, 0.29) is 11.8 Å². The summed E-state index contributed by atoms with van der Waals surface area (Å²) < 4.78 is 13.5. The molecular weight excluding hydrogens is 380 g/mol. The topological polar surface area (TPSA) is 62.5 Å². The maximum absolute atomic E-state index is 12.9. The fraction of sp³-hybridized carbons (Fsp3) is 0.250. The van der Waals surface area contributed by atoms with Crippen LogP contribution in [0.3, 0.4) is 0 Å². The molecule has 30 heavy (non-hydrogen) atoms. The Morgan fingerprint density at radius 3 is 1.43 bits per heavy atom. The smallest absolute Gasteiger partial charge is 0.418 e. The van der Waals surface area contributed by atoms with Crippen molar-refractivity contribution in [3.05, 3.63) is 59.7 Å². The van der Waals surface area contributed by atoms with Crippen LogP contribution in [0.1, 0.15) is 36.8 Å². The molecule has 2 aromatic carbocycles. The molecule has 0 saturated heterocycles. The molecule has 0 fully saturated rings. The van der Waals surface area contributed by atoms with Crippen LogP contribution in [-0.4, -0.2) is 35.5 Å². The van der Waals surface area contributed by atoms with Crippen LogP contribution >= 0.6 is 0 Å². The second-order valence-corrected chi connectivity index (χ2v) is 7.75. The minimum absolute atomic E-state index is 0.139. The molecule has 6 heteroatoms. The molecule has 6 nitrogen and oxygen atoms in total. The van der Waals surface area contributed by atoms with Crippen LogP contribution in [0.25, 0.3) is 33.2 Å².